The second-order valence-electron chi connectivity index (χ2n) is 8.13. The molecule has 0 fully saturated rings. The standard InChI is InChI=1S/C22H26N4O3S/c1-15-12-22(2,3)25(4)20-10-5-16(11-19(15)20)13-23-24-21(27)14-30-18-8-6-17(7-9-18)26(28)29/h5-11,13,15H,12,14H2,1-4H3,(H,24,27)/b23-13-. The quantitative estimate of drug-likeness (QED) is 0.317. The van der Waals surface area contributed by atoms with Crippen LogP contribution in [0, 0.1) is 10.1 Å². The number of carbonyl (C=O) groups is 1. The third-order valence-electron chi connectivity index (χ3n) is 5.48. The molecule has 1 N–H and O–H groups in total. The second-order valence-corrected chi connectivity index (χ2v) is 9.18. The van der Waals surface area contributed by atoms with E-state index in [0.29, 0.717) is 5.92 Å². The monoisotopic (exact) mass is 426 g/mol. The number of thioether (sulfide) groups is 1. The van der Waals surface area contributed by atoms with Crippen LogP contribution in [0.25, 0.3) is 0 Å². The van der Waals surface area contributed by atoms with Gasteiger partial charge in [-0.05, 0) is 61.6 Å². The molecule has 30 heavy (non-hydrogen) atoms. The highest BCUT2D eigenvalue weighted by atomic mass is 32.2. The van der Waals surface area contributed by atoms with Crippen LogP contribution in [0.2, 0.25) is 0 Å². The summed E-state index contributed by atoms with van der Waals surface area (Å²) in [5, 5.41) is 14.7. The van der Waals surface area contributed by atoms with Gasteiger partial charge in [-0.25, -0.2) is 5.43 Å². The van der Waals surface area contributed by atoms with Crippen molar-refractivity contribution in [1.29, 1.82) is 0 Å². The Morgan fingerprint density at radius 3 is 2.70 bits per heavy atom. The van der Waals surface area contributed by atoms with E-state index in [9.17, 15) is 14.9 Å². The lowest BCUT2D eigenvalue weighted by Gasteiger charge is -2.45. The first-order valence-electron chi connectivity index (χ1n) is 9.74. The number of nitrogens with zero attached hydrogens (tertiary/aromatic N) is 3. The molecule has 0 saturated carbocycles. The Morgan fingerprint density at radius 1 is 1.33 bits per heavy atom. The lowest BCUT2D eigenvalue weighted by molar-refractivity contribution is -0.384. The van der Waals surface area contributed by atoms with E-state index in [4.69, 9.17) is 0 Å². The number of non-ortho nitro benzene ring substituents is 1. The molecule has 1 unspecified atom stereocenters. The van der Waals surface area contributed by atoms with E-state index >= 15 is 0 Å². The van der Waals surface area contributed by atoms with Gasteiger partial charge in [-0.2, -0.15) is 5.10 Å². The molecule has 8 heteroatoms. The Hall–Kier alpha value is -2.87. The van der Waals surface area contributed by atoms with Gasteiger partial charge in [-0.1, -0.05) is 13.0 Å². The summed E-state index contributed by atoms with van der Waals surface area (Å²) >= 11 is 1.30. The summed E-state index contributed by atoms with van der Waals surface area (Å²) < 4.78 is 0. The summed E-state index contributed by atoms with van der Waals surface area (Å²) in [5.41, 5.74) is 6.16. The topological polar surface area (TPSA) is 87.8 Å². The first-order valence-corrected chi connectivity index (χ1v) is 10.7. The van der Waals surface area contributed by atoms with Crippen molar-refractivity contribution < 1.29 is 9.72 Å². The third-order valence-corrected chi connectivity index (χ3v) is 6.49. The van der Waals surface area contributed by atoms with Crippen molar-refractivity contribution in [2.24, 2.45) is 5.10 Å². The van der Waals surface area contributed by atoms with Crippen molar-refractivity contribution in [3.63, 3.8) is 0 Å². The van der Waals surface area contributed by atoms with Gasteiger partial charge in [0.1, 0.15) is 0 Å². The number of amides is 1. The fraction of sp³-hybridized carbons (Fsp3) is 0.364. The lowest BCUT2D eigenvalue weighted by Crippen LogP contribution is -2.45. The average Bonchev–Trinajstić information content (AvgIpc) is 2.70. The van der Waals surface area contributed by atoms with Crippen LogP contribution in [-0.2, 0) is 4.79 Å². The molecule has 3 rings (SSSR count). The maximum absolute atomic E-state index is 12.0. The van der Waals surface area contributed by atoms with Crippen molar-refractivity contribution in [2.75, 3.05) is 17.7 Å². The van der Waals surface area contributed by atoms with Gasteiger partial charge in [-0.3, -0.25) is 14.9 Å². The van der Waals surface area contributed by atoms with E-state index in [1.807, 2.05) is 6.07 Å². The highest BCUT2D eigenvalue weighted by molar-refractivity contribution is 8.00. The molecule has 2 aromatic carbocycles. The predicted molar refractivity (Wildman–Crippen MR) is 122 cm³/mol. The maximum atomic E-state index is 12.0. The van der Waals surface area contributed by atoms with Crippen molar-refractivity contribution in [2.45, 2.75) is 43.5 Å². The van der Waals surface area contributed by atoms with Crippen LogP contribution in [0.3, 0.4) is 0 Å². The highest BCUT2D eigenvalue weighted by Crippen LogP contribution is 2.42. The molecule has 1 heterocycles. The molecular weight excluding hydrogens is 400 g/mol. The van der Waals surface area contributed by atoms with Gasteiger partial charge in [0.2, 0.25) is 5.91 Å². The molecular formula is C22H26N4O3S. The molecule has 0 saturated heterocycles. The number of nitrogens with one attached hydrogen (secondary N) is 1. The molecule has 158 valence electrons. The van der Waals surface area contributed by atoms with Gasteiger partial charge < -0.3 is 4.90 Å². The van der Waals surface area contributed by atoms with Crippen LogP contribution < -0.4 is 10.3 Å². The molecule has 1 amide bonds. The van der Waals surface area contributed by atoms with Gasteiger partial charge >= 0.3 is 0 Å². The summed E-state index contributed by atoms with van der Waals surface area (Å²) in [6.07, 6.45) is 2.73. The fourth-order valence-electron chi connectivity index (χ4n) is 3.70. The van der Waals surface area contributed by atoms with Crippen molar-refractivity contribution in [3.8, 4) is 0 Å². The van der Waals surface area contributed by atoms with Crippen LogP contribution in [0.5, 0.6) is 0 Å². The number of anilines is 1. The fourth-order valence-corrected chi connectivity index (χ4v) is 4.39. The summed E-state index contributed by atoms with van der Waals surface area (Å²) in [5.74, 6) is 0.394. The van der Waals surface area contributed by atoms with Gasteiger partial charge in [-0.15, -0.1) is 11.8 Å². The Balaban J connectivity index is 1.56. The highest BCUT2D eigenvalue weighted by Gasteiger charge is 2.33. The number of nitro benzene ring substituents is 1. The van der Waals surface area contributed by atoms with Crippen molar-refractivity contribution in [1.82, 2.24) is 5.43 Å². The first kappa shape index (κ1) is 21.8. The van der Waals surface area contributed by atoms with Gasteiger partial charge in [0.25, 0.3) is 5.69 Å². The smallest absolute Gasteiger partial charge is 0.269 e. The third kappa shape index (κ3) is 4.99. The molecule has 0 aliphatic carbocycles. The van der Waals surface area contributed by atoms with Crippen LogP contribution in [-0.4, -0.2) is 35.4 Å². The minimum absolute atomic E-state index is 0.0301. The molecule has 1 atom stereocenters. The van der Waals surface area contributed by atoms with E-state index in [1.54, 1.807) is 18.3 Å². The van der Waals surface area contributed by atoms with Crippen LogP contribution >= 0.6 is 11.8 Å². The molecule has 1 aliphatic heterocycles. The van der Waals surface area contributed by atoms with Crippen LogP contribution in [0.4, 0.5) is 11.4 Å². The van der Waals surface area contributed by atoms with Crippen LogP contribution in [0.15, 0.2) is 52.5 Å². The van der Waals surface area contributed by atoms with E-state index in [0.717, 1.165) is 16.9 Å². The molecule has 0 aromatic heterocycles. The van der Waals surface area contributed by atoms with E-state index in [2.05, 4.69) is 55.4 Å². The van der Waals surface area contributed by atoms with Gasteiger partial charge in [0.05, 0.1) is 16.9 Å². The number of hydrazone groups is 1. The molecule has 0 bridgehead atoms. The zero-order chi connectivity index (χ0) is 21.9. The van der Waals surface area contributed by atoms with Crippen LogP contribution in [0.1, 0.15) is 44.2 Å². The Bertz CT molecular complexity index is 973. The number of fused-ring (bicyclic) bond motifs is 1. The van der Waals surface area contributed by atoms with Crippen molar-refractivity contribution in [3.05, 3.63) is 63.7 Å². The SMILES string of the molecule is CC1CC(C)(C)N(C)c2ccc(/C=N\NC(=O)CSc3ccc([N+](=O)[O-])cc3)cc21. The minimum Gasteiger partial charge on any atom is -0.369 e. The largest absolute Gasteiger partial charge is 0.369 e. The number of carbonyl (C=O) groups excluding carboxylic acids is 1. The molecule has 0 spiro atoms. The Morgan fingerprint density at radius 2 is 2.03 bits per heavy atom. The number of hydrogen-bond donors (Lipinski definition) is 1. The predicted octanol–water partition coefficient (Wildman–Crippen LogP) is 4.56. The van der Waals surface area contributed by atoms with Crippen molar-refractivity contribution >= 4 is 35.3 Å². The second kappa shape index (κ2) is 8.87. The summed E-state index contributed by atoms with van der Waals surface area (Å²) in [6.45, 7) is 6.75. The molecule has 1 aliphatic rings. The average molecular weight is 427 g/mol. The lowest BCUT2D eigenvalue weighted by atomic mass is 9.80. The summed E-state index contributed by atoms with van der Waals surface area (Å²) in [6, 6.07) is 12.4. The number of benzene rings is 2. The first-order chi connectivity index (χ1) is 14.2. The van der Waals surface area contributed by atoms with Gasteiger partial charge in [0, 0.05) is 35.3 Å². The van der Waals surface area contributed by atoms with E-state index in [-0.39, 0.29) is 22.9 Å². The zero-order valence-electron chi connectivity index (χ0n) is 17.6. The summed E-state index contributed by atoms with van der Waals surface area (Å²) in [4.78, 5) is 25.4. The molecule has 2 aromatic rings. The molecule has 7 nitrogen and oxygen atoms in total. The van der Waals surface area contributed by atoms with Gasteiger partial charge in [0.15, 0.2) is 0 Å². The zero-order valence-corrected chi connectivity index (χ0v) is 18.4. The Kier molecular flexibility index (Phi) is 6.45. The summed E-state index contributed by atoms with van der Waals surface area (Å²) in [7, 11) is 2.13. The normalized spacial score (nSPS) is 17.6. The number of hydrogen-bond acceptors (Lipinski definition) is 6. The number of nitro groups is 1. The van der Waals surface area contributed by atoms with E-state index < -0.39 is 4.92 Å². The van der Waals surface area contributed by atoms with E-state index in [1.165, 1.54) is 35.1 Å². The Labute approximate surface area is 180 Å². The molecule has 0 radical (unpaired) electrons. The minimum atomic E-state index is -0.448. The maximum Gasteiger partial charge on any atom is 0.269 e. The number of rotatable bonds is 6.